The molecular weight excluding hydrogens is 344 g/mol. The molecular formula is C14H13ClN2O5S. The molecule has 0 amide bonds. The molecule has 7 nitrogen and oxygen atoms in total. The molecule has 2 aromatic rings. The highest BCUT2D eigenvalue weighted by molar-refractivity contribution is 7.89. The number of hydrogen-bond donors (Lipinski definition) is 1. The standard InChI is InChI=1S/C14H13ClN2O5S/c1-22-12-5-2-10(3-6-12)9-16-23(20,21)14-7-4-11(15)8-13(14)17(18)19/h2-8,16H,9H2,1H3. The van der Waals surface area contributed by atoms with Gasteiger partial charge in [0.2, 0.25) is 10.0 Å². The number of nitrogens with one attached hydrogen (secondary N) is 1. The molecule has 0 aliphatic rings. The van der Waals surface area contributed by atoms with Gasteiger partial charge < -0.3 is 4.74 Å². The topological polar surface area (TPSA) is 98.5 Å². The highest BCUT2D eigenvalue weighted by atomic mass is 35.5. The van der Waals surface area contributed by atoms with Crippen molar-refractivity contribution in [1.29, 1.82) is 0 Å². The van der Waals surface area contributed by atoms with Crippen LogP contribution in [0.3, 0.4) is 0 Å². The number of nitrogens with zero attached hydrogens (tertiary/aromatic N) is 1. The van der Waals surface area contributed by atoms with Gasteiger partial charge in [0.05, 0.1) is 12.0 Å². The van der Waals surface area contributed by atoms with E-state index in [1.807, 2.05) is 0 Å². The second-order valence-electron chi connectivity index (χ2n) is 4.54. The van der Waals surface area contributed by atoms with Crippen LogP contribution in [0.5, 0.6) is 5.75 Å². The van der Waals surface area contributed by atoms with Crippen molar-refractivity contribution in [3.8, 4) is 5.75 Å². The Balaban J connectivity index is 2.23. The average Bonchev–Trinajstić information content (AvgIpc) is 2.53. The van der Waals surface area contributed by atoms with Crippen LogP contribution in [0.4, 0.5) is 5.69 Å². The molecule has 0 bridgehead atoms. The normalized spacial score (nSPS) is 11.2. The van der Waals surface area contributed by atoms with Gasteiger partial charge in [-0.25, -0.2) is 13.1 Å². The van der Waals surface area contributed by atoms with Crippen LogP contribution in [0.15, 0.2) is 47.4 Å². The highest BCUT2D eigenvalue weighted by Gasteiger charge is 2.25. The smallest absolute Gasteiger partial charge is 0.290 e. The number of ether oxygens (including phenoxy) is 1. The van der Waals surface area contributed by atoms with Crippen molar-refractivity contribution in [2.75, 3.05) is 7.11 Å². The van der Waals surface area contributed by atoms with E-state index in [4.69, 9.17) is 16.3 Å². The van der Waals surface area contributed by atoms with E-state index in [0.717, 1.165) is 12.1 Å². The maximum atomic E-state index is 12.3. The lowest BCUT2D eigenvalue weighted by molar-refractivity contribution is -0.387. The Bertz CT molecular complexity index is 822. The Morgan fingerprint density at radius 1 is 1.22 bits per heavy atom. The summed E-state index contributed by atoms with van der Waals surface area (Å²) in [5.41, 5.74) is 0.116. The molecule has 0 aliphatic heterocycles. The summed E-state index contributed by atoms with van der Waals surface area (Å²) in [6.07, 6.45) is 0. The molecule has 0 atom stereocenters. The van der Waals surface area contributed by atoms with E-state index in [1.54, 1.807) is 24.3 Å². The molecule has 0 fully saturated rings. The van der Waals surface area contributed by atoms with Gasteiger partial charge in [0.25, 0.3) is 5.69 Å². The predicted octanol–water partition coefficient (Wildman–Crippen LogP) is 2.74. The lowest BCUT2D eigenvalue weighted by Crippen LogP contribution is -2.24. The molecule has 0 saturated carbocycles. The minimum Gasteiger partial charge on any atom is -0.497 e. The van der Waals surface area contributed by atoms with Gasteiger partial charge in [0.1, 0.15) is 5.75 Å². The van der Waals surface area contributed by atoms with Crippen molar-refractivity contribution >= 4 is 27.3 Å². The first-order valence-electron chi connectivity index (χ1n) is 6.40. The summed E-state index contributed by atoms with van der Waals surface area (Å²) in [6, 6.07) is 10.2. The Hall–Kier alpha value is -2.16. The number of nitro groups is 1. The third-order valence-corrected chi connectivity index (χ3v) is 4.72. The van der Waals surface area contributed by atoms with Gasteiger partial charge in [-0.1, -0.05) is 23.7 Å². The summed E-state index contributed by atoms with van der Waals surface area (Å²) in [6.45, 7) is -0.00783. The van der Waals surface area contributed by atoms with E-state index in [0.29, 0.717) is 11.3 Å². The number of hydrogen-bond acceptors (Lipinski definition) is 5. The quantitative estimate of drug-likeness (QED) is 0.633. The fourth-order valence-electron chi connectivity index (χ4n) is 1.86. The van der Waals surface area contributed by atoms with E-state index in [2.05, 4.69) is 4.72 Å². The molecule has 23 heavy (non-hydrogen) atoms. The van der Waals surface area contributed by atoms with E-state index in [-0.39, 0.29) is 11.6 Å². The first kappa shape index (κ1) is 17.2. The maximum absolute atomic E-state index is 12.3. The molecule has 0 aliphatic carbocycles. The van der Waals surface area contributed by atoms with Crippen LogP contribution < -0.4 is 9.46 Å². The average molecular weight is 357 g/mol. The van der Waals surface area contributed by atoms with Crippen molar-refractivity contribution in [2.45, 2.75) is 11.4 Å². The van der Waals surface area contributed by atoms with Crippen LogP contribution in [0.25, 0.3) is 0 Å². The lowest BCUT2D eigenvalue weighted by atomic mass is 10.2. The highest BCUT2D eigenvalue weighted by Crippen LogP contribution is 2.27. The number of benzene rings is 2. The largest absolute Gasteiger partial charge is 0.497 e. The Morgan fingerprint density at radius 2 is 1.87 bits per heavy atom. The van der Waals surface area contributed by atoms with Crippen molar-refractivity contribution < 1.29 is 18.1 Å². The zero-order valence-corrected chi connectivity index (χ0v) is 13.6. The van der Waals surface area contributed by atoms with Crippen LogP contribution in [-0.4, -0.2) is 20.5 Å². The molecule has 2 rings (SSSR count). The van der Waals surface area contributed by atoms with E-state index < -0.39 is 25.5 Å². The van der Waals surface area contributed by atoms with Crippen molar-refractivity contribution in [1.82, 2.24) is 4.72 Å². The van der Waals surface area contributed by atoms with Gasteiger partial charge in [-0.3, -0.25) is 10.1 Å². The molecule has 9 heteroatoms. The third-order valence-electron chi connectivity index (χ3n) is 3.03. The van der Waals surface area contributed by atoms with Gasteiger partial charge in [-0.2, -0.15) is 0 Å². The van der Waals surface area contributed by atoms with E-state index in [9.17, 15) is 18.5 Å². The summed E-state index contributed by atoms with van der Waals surface area (Å²) >= 11 is 5.68. The minimum atomic E-state index is -4.05. The van der Waals surface area contributed by atoms with Crippen LogP contribution in [0, 0.1) is 10.1 Å². The zero-order chi connectivity index (χ0) is 17.0. The Labute approximate surface area is 138 Å². The summed E-state index contributed by atoms with van der Waals surface area (Å²) in [5.74, 6) is 0.643. The zero-order valence-electron chi connectivity index (χ0n) is 12.0. The minimum absolute atomic E-state index is 0.00783. The Morgan fingerprint density at radius 3 is 2.43 bits per heavy atom. The summed E-state index contributed by atoms with van der Waals surface area (Å²) in [7, 11) is -2.52. The predicted molar refractivity (Wildman–Crippen MR) is 85.1 cm³/mol. The monoisotopic (exact) mass is 356 g/mol. The fraction of sp³-hybridized carbons (Fsp3) is 0.143. The van der Waals surface area contributed by atoms with Gasteiger partial charge in [0.15, 0.2) is 4.90 Å². The first-order valence-corrected chi connectivity index (χ1v) is 8.26. The summed E-state index contributed by atoms with van der Waals surface area (Å²) < 4.78 is 31.9. The van der Waals surface area contributed by atoms with Crippen LogP contribution in [0.2, 0.25) is 5.02 Å². The maximum Gasteiger partial charge on any atom is 0.290 e. The molecule has 0 saturated heterocycles. The number of rotatable bonds is 6. The molecule has 2 aromatic carbocycles. The van der Waals surface area contributed by atoms with Gasteiger partial charge in [-0.05, 0) is 29.8 Å². The number of nitro benzene ring substituents is 1. The summed E-state index contributed by atoms with van der Waals surface area (Å²) in [4.78, 5) is 9.79. The third kappa shape index (κ3) is 4.19. The van der Waals surface area contributed by atoms with E-state index >= 15 is 0 Å². The SMILES string of the molecule is COc1ccc(CNS(=O)(=O)c2ccc(Cl)cc2[N+](=O)[O-])cc1. The Kier molecular flexibility index (Phi) is 5.19. The summed E-state index contributed by atoms with van der Waals surface area (Å²) in [5, 5.41) is 11.1. The molecule has 1 N–H and O–H groups in total. The van der Waals surface area contributed by atoms with Crippen LogP contribution in [0.1, 0.15) is 5.56 Å². The van der Waals surface area contributed by atoms with Crippen molar-refractivity contribution in [2.24, 2.45) is 0 Å². The molecule has 122 valence electrons. The molecule has 0 unspecified atom stereocenters. The van der Waals surface area contributed by atoms with Gasteiger partial charge in [0, 0.05) is 17.6 Å². The second kappa shape index (κ2) is 6.95. The van der Waals surface area contributed by atoms with E-state index in [1.165, 1.54) is 13.2 Å². The van der Waals surface area contributed by atoms with Crippen molar-refractivity contribution in [3.63, 3.8) is 0 Å². The van der Waals surface area contributed by atoms with Crippen LogP contribution in [-0.2, 0) is 16.6 Å². The molecule has 0 aromatic heterocycles. The number of halogens is 1. The van der Waals surface area contributed by atoms with Crippen molar-refractivity contribution in [3.05, 3.63) is 63.2 Å². The number of sulfonamides is 1. The van der Waals surface area contributed by atoms with Gasteiger partial charge >= 0.3 is 0 Å². The second-order valence-corrected chi connectivity index (χ2v) is 6.71. The fourth-order valence-corrected chi connectivity index (χ4v) is 3.19. The van der Waals surface area contributed by atoms with Gasteiger partial charge in [-0.15, -0.1) is 0 Å². The molecule has 0 spiro atoms. The van der Waals surface area contributed by atoms with Crippen LogP contribution >= 0.6 is 11.6 Å². The molecule has 0 radical (unpaired) electrons. The lowest BCUT2D eigenvalue weighted by Gasteiger charge is -2.08. The molecule has 0 heterocycles. The first-order chi connectivity index (χ1) is 10.8. The number of methoxy groups -OCH3 is 1.